The number of carbonyl (C=O) groups is 1. The minimum atomic E-state index is 0.170. The van der Waals surface area contributed by atoms with Crippen LogP contribution in [0.5, 0.6) is 0 Å². The third-order valence-electron chi connectivity index (χ3n) is 3.90. The highest BCUT2D eigenvalue weighted by molar-refractivity contribution is 5.93. The van der Waals surface area contributed by atoms with Gasteiger partial charge in [-0.05, 0) is 30.5 Å². The zero-order valence-electron chi connectivity index (χ0n) is 12.7. The number of nitrogens with one attached hydrogen (secondary N) is 1. The maximum Gasteiger partial charge on any atom is 0.228 e. The molecular formula is C19H22N2O. The fraction of sp³-hybridized carbons (Fsp3) is 0.316. The van der Waals surface area contributed by atoms with Crippen molar-refractivity contribution in [2.45, 2.75) is 31.8 Å². The molecule has 1 N–H and O–H groups in total. The topological polar surface area (TPSA) is 32.3 Å². The van der Waals surface area contributed by atoms with E-state index < -0.39 is 0 Å². The van der Waals surface area contributed by atoms with Crippen LogP contribution in [-0.4, -0.2) is 18.5 Å². The van der Waals surface area contributed by atoms with Crippen molar-refractivity contribution in [3.63, 3.8) is 0 Å². The molecular weight excluding hydrogens is 272 g/mol. The molecule has 3 nitrogen and oxygen atoms in total. The van der Waals surface area contributed by atoms with Crippen LogP contribution >= 0.6 is 0 Å². The molecule has 0 bridgehead atoms. The average Bonchev–Trinajstić information content (AvgIpc) is 3.38. The predicted octanol–water partition coefficient (Wildman–Crippen LogP) is 3.36. The van der Waals surface area contributed by atoms with Gasteiger partial charge in [-0.2, -0.15) is 0 Å². The van der Waals surface area contributed by atoms with Crippen molar-refractivity contribution in [2.24, 2.45) is 0 Å². The first-order valence-electron chi connectivity index (χ1n) is 7.95. The molecule has 0 aromatic heterocycles. The Morgan fingerprint density at radius 1 is 1.00 bits per heavy atom. The minimum Gasteiger partial charge on any atom is -0.313 e. The second kappa shape index (κ2) is 7.23. The monoisotopic (exact) mass is 294 g/mol. The summed E-state index contributed by atoms with van der Waals surface area (Å²) < 4.78 is 0. The molecule has 0 heterocycles. The first-order chi connectivity index (χ1) is 10.8. The van der Waals surface area contributed by atoms with Crippen molar-refractivity contribution in [2.75, 3.05) is 11.4 Å². The molecule has 114 valence electrons. The largest absolute Gasteiger partial charge is 0.313 e. The third-order valence-corrected chi connectivity index (χ3v) is 3.90. The Balaban J connectivity index is 1.68. The van der Waals surface area contributed by atoms with E-state index in [1.54, 1.807) is 0 Å². The van der Waals surface area contributed by atoms with E-state index in [4.69, 9.17) is 0 Å². The van der Waals surface area contributed by atoms with Crippen molar-refractivity contribution in [1.82, 2.24) is 5.32 Å². The summed E-state index contributed by atoms with van der Waals surface area (Å²) in [7, 11) is 0. The quantitative estimate of drug-likeness (QED) is 0.849. The first kappa shape index (κ1) is 14.8. The van der Waals surface area contributed by atoms with Gasteiger partial charge in [0.05, 0.1) is 6.54 Å². The Labute approximate surface area is 132 Å². The van der Waals surface area contributed by atoms with Gasteiger partial charge in [-0.25, -0.2) is 0 Å². The molecule has 1 aliphatic rings. The van der Waals surface area contributed by atoms with Crippen LogP contribution in [0, 0.1) is 0 Å². The van der Waals surface area contributed by atoms with Gasteiger partial charge in [0, 0.05) is 24.7 Å². The lowest BCUT2D eigenvalue weighted by molar-refractivity contribution is -0.118. The van der Waals surface area contributed by atoms with E-state index in [-0.39, 0.29) is 5.91 Å². The summed E-state index contributed by atoms with van der Waals surface area (Å²) in [5, 5.41) is 3.41. The Kier molecular flexibility index (Phi) is 4.86. The zero-order chi connectivity index (χ0) is 15.2. The number of hydrogen-bond donors (Lipinski definition) is 1. The normalized spacial score (nSPS) is 13.8. The third kappa shape index (κ3) is 4.18. The Hall–Kier alpha value is -2.13. The number of carbonyl (C=O) groups excluding carboxylic acids is 1. The molecule has 3 rings (SSSR count). The van der Waals surface area contributed by atoms with Crippen molar-refractivity contribution < 1.29 is 4.79 Å². The van der Waals surface area contributed by atoms with E-state index >= 15 is 0 Å². The Morgan fingerprint density at radius 3 is 2.27 bits per heavy atom. The van der Waals surface area contributed by atoms with Gasteiger partial charge in [-0.15, -0.1) is 0 Å². The summed E-state index contributed by atoms with van der Waals surface area (Å²) in [4.78, 5) is 14.5. The average molecular weight is 294 g/mol. The van der Waals surface area contributed by atoms with Gasteiger partial charge in [-0.3, -0.25) is 4.79 Å². The molecule has 0 aliphatic heterocycles. The van der Waals surface area contributed by atoms with Crippen LogP contribution in [0.4, 0.5) is 5.69 Å². The predicted molar refractivity (Wildman–Crippen MR) is 89.7 cm³/mol. The number of nitrogens with zero attached hydrogens (tertiary/aromatic N) is 1. The molecule has 3 heteroatoms. The van der Waals surface area contributed by atoms with Crippen molar-refractivity contribution in [3.05, 3.63) is 66.2 Å². The van der Waals surface area contributed by atoms with Gasteiger partial charge in [0.2, 0.25) is 5.91 Å². The second-order valence-corrected chi connectivity index (χ2v) is 5.78. The van der Waals surface area contributed by atoms with Crippen LogP contribution in [-0.2, 0) is 11.3 Å². The Morgan fingerprint density at radius 2 is 1.64 bits per heavy atom. The van der Waals surface area contributed by atoms with E-state index in [1.165, 1.54) is 12.8 Å². The molecule has 0 unspecified atom stereocenters. The van der Waals surface area contributed by atoms with Gasteiger partial charge in [0.25, 0.3) is 0 Å². The summed E-state index contributed by atoms with van der Waals surface area (Å²) >= 11 is 0. The van der Waals surface area contributed by atoms with Crippen LogP contribution in [0.1, 0.15) is 24.8 Å². The fourth-order valence-electron chi connectivity index (χ4n) is 2.50. The number of rotatable bonds is 7. The van der Waals surface area contributed by atoms with Crippen LogP contribution in [0.15, 0.2) is 60.7 Å². The maximum atomic E-state index is 12.6. The summed E-state index contributed by atoms with van der Waals surface area (Å²) in [6.07, 6.45) is 3.04. The van der Waals surface area contributed by atoms with E-state index in [9.17, 15) is 4.79 Å². The highest BCUT2D eigenvalue weighted by Gasteiger charge is 2.21. The minimum absolute atomic E-state index is 0.170. The van der Waals surface area contributed by atoms with E-state index in [0.29, 0.717) is 19.0 Å². The number of hydrogen-bond acceptors (Lipinski definition) is 2. The summed E-state index contributed by atoms with van der Waals surface area (Å²) in [5.41, 5.74) is 2.11. The van der Waals surface area contributed by atoms with Crippen LogP contribution in [0.25, 0.3) is 0 Å². The SMILES string of the molecule is O=C(CCNC1CC1)N(Cc1ccccc1)c1ccccc1. The van der Waals surface area contributed by atoms with Gasteiger partial charge < -0.3 is 10.2 Å². The highest BCUT2D eigenvalue weighted by atomic mass is 16.2. The summed E-state index contributed by atoms with van der Waals surface area (Å²) in [5.74, 6) is 0.170. The number of amides is 1. The van der Waals surface area contributed by atoms with E-state index in [2.05, 4.69) is 17.4 Å². The van der Waals surface area contributed by atoms with Crippen LogP contribution < -0.4 is 10.2 Å². The Bertz CT molecular complexity index is 593. The highest BCUT2D eigenvalue weighted by Crippen LogP contribution is 2.20. The fourth-order valence-corrected chi connectivity index (χ4v) is 2.50. The lowest BCUT2D eigenvalue weighted by Gasteiger charge is -2.23. The maximum absolute atomic E-state index is 12.6. The molecule has 0 radical (unpaired) electrons. The van der Waals surface area contributed by atoms with Crippen LogP contribution in [0.2, 0.25) is 0 Å². The lowest BCUT2D eigenvalue weighted by Crippen LogP contribution is -2.33. The molecule has 2 aromatic carbocycles. The molecule has 1 fully saturated rings. The lowest BCUT2D eigenvalue weighted by atomic mass is 10.2. The van der Waals surface area contributed by atoms with Crippen molar-refractivity contribution in [3.8, 4) is 0 Å². The molecule has 0 atom stereocenters. The summed E-state index contributed by atoms with van der Waals surface area (Å²) in [6, 6.07) is 20.7. The number of anilines is 1. The van der Waals surface area contributed by atoms with E-state index in [1.807, 2.05) is 53.4 Å². The molecule has 0 spiro atoms. The number of benzene rings is 2. The van der Waals surface area contributed by atoms with Gasteiger partial charge >= 0.3 is 0 Å². The van der Waals surface area contributed by atoms with E-state index in [0.717, 1.165) is 17.8 Å². The standard InChI is InChI=1S/C19H22N2O/c22-19(13-14-20-17-11-12-17)21(18-9-5-2-6-10-18)15-16-7-3-1-4-8-16/h1-10,17,20H,11-15H2. The van der Waals surface area contributed by atoms with Crippen molar-refractivity contribution >= 4 is 11.6 Å². The van der Waals surface area contributed by atoms with Crippen molar-refractivity contribution in [1.29, 1.82) is 0 Å². The van der Waals surface area contributed by atoms with Crippen LogP contribution in [0.3, 0.4) is 0 Å². The van der Waals surface area contributed by atoms with Gasteiger partial charge in [-0.1, -0.05) is 48.5 Å². The molecule has 1 saturated carbocycles. The second-order valence-electron chi connectivity index (χ2n) is 5.78. The van der Waals surface area contributed by atoms with Gasteiger partial charge in [0.15, 0.2) is 0 Å². The number of para-hydroxylation sites is 1. The molecule has 1 amide bonds. The molecule has 1 aliphatic carbocycles. The molecule has 2 aromatic rings. The van der Waals surface area contributed by atoms with Gasteiger partial charge in [0.1, 0.15) is 0 Å². The summed E-state index contributed by atoms with van der Waals surface area (Å²) in [6.45, 7) is 1.38. The molecule has 22 heavy (non-hydrogen) atoms. The molecule has 0 saturated heterocycles. The first-order valence-corrected chi connectivity index (χ1v) is 7.95. The zero-order valence-corrected chi connectivity index (χ0v) is 12.7. The smallest absolute Gasteiger partial charge is 0.228 e.